The zero-order chi connectivity index (χ0) is 26.1. The number of benzene rings is 1. The average molecular weight is 605 g/mol. The molecule has 11 nitrogen and oxygen atoms in total. The van der Waals surface area contributed by atoms with Crippen LogP contribution in [0.5, 0.6) is 11.9 Å². The number of halogens is 1. The molecule has 4 aromatic rings. The number of nitrogens with zero attached hydrogens (tertiary/aromatic N) is 5. The number of aromatic nitrogens is 5. The molecule has 0 saturated heterocycles. The largest absolute Gasteiger partial charge is 0.473 e. The molecule has 3 aromatic heterocycles. The molecule has 37 heavy (non-hydrogen) atoms. The number of hydrogen-bond acceptors (Lipinski definition) is 10. The van der Waals surface area contributed by atoms with Crippen molar-refractivity contribution in [3.8, 4) is 23.0 Å². The number of thioether (sulfide) groups is 1. The van der Waals surface area contributed by atoms with Gasteiger partial charge >= 0.3 is 16.2 Å². The van der Waals surface area contributed by atoms with E-state index in [-0.39, 0.29) is 37.5 Å². The average Bonchev–Trinajstić information content (AvgIpc) is 2.91. The molecule has 192 valence electrons. The molecule has 1 aromatic carbocycles. The lowest BCUT2D eigenvalue weighted by molar-refractivity contribution is 0.201. The van der Waals surface area contributed by atoms with Crippen molar-refractivity contribution in [3.63, 3.8) is 0 Å². The fraction of sp³-hybridized carbons (Fsp3) is 0.174. The van der Waals surface area contributed by atoms with Gasteiger partial charge in [0.05, 0.1) is 5.56 Å². The van der Waals surface area contributed by atoms with Crippen LogP contribution in [0.4, 0.5) is 5.82 Å². The van der Waals surface area contributed by atoms with Gasteiger partial charge in [-0.1, -0.05) is 28.1 Å². The van der Waals surface area contributed by atoms with E-state index >= 15 is 0 Å². The Hall–Kier alpha value is -3.33. The highest BCUT2D eigenvalue weighted by Crippen LogP contribution is 2.35. The molecule has 4 rings (SSSR count). The van der Waals surface area contributed by atoms with Crippen molar-refractivity contribution in [2.75, 3.05) is 24.2 Å². The van der Waals surface area contributed by atoms with Gasteiger partial charge in [0.25, 0.3) is 0 Å². The summed E-state index contributed by atoms with van der Waals surface area (Å²) in [6.07, 6.45) is 9.68. The first-order valence-electron chi connectivity index (χ1n) is 10.8. The minimum Gasteiger partial charge on any atom is -0.473 e. The first-order valence-corrected chi connectivity index (χ1v) is 14.3. The zero-order valence-electron chi connectivity index (χ0n) is 19.5. The highest BCUT2D eigenvalue weighted by Gasteiger charge is 2.20. The fourth-order valence-corrected chi connectivity index (χ4v) is 4.45. The summed E-state index contributed by atoms with van der Waals surface area (Å²) in [5, 5.41) is 0. The van der Waals surface area contributed by atoms with Crippen LogP contribution in [0.1, 0.15) is 5.56 Å². The van der Waals surface area contributed by atoms with Crippen LogP contribution < -0.4 is 18.9 Å². The topological polar surface area (TPSA) is 141 Å². The van der Waals surface area contributed by atoms with Crippen LogP contribution in [0.15, 0.2) is 76.9 Å². The first kappa shape index (κ1) is 26.7. The van der Waals surface area contributed by atoms with Gasteiger partial charge in [-0.05, 0) is 41.6 Å². The standard InChI is InChI=1S/C23H22BrN7O4S2/c1-36-19-13-26-23(27-14-19)35-11-10-34-22-20(17-2-4-18(24)5-3-17)21(28-15-29-22)31-37(32,33)30-12-16-6-8-25-9-7-16/h2-9,13-15,30H,10-12H2,1H3,(H,28,29,31). The summed E-state index contributed by atoms with van der Waals surface area (Å²) in [7, 11) is -3.97. The van der Waals surface area contributed by atoms with Crippen molar-refractivity contribution in [2.24, 2.45) is 0 Å². The minimum atomic E-state index is -3.97. The lowest BCUT2D eigenvalue weighted by Gasteiger charge is -2.16. The van der Waals surface area contributed by atoms with Gasteiger partial charge in [0.2, 0.25) is 5.88 Å². The van der Waals surface area contributed by atoms with Gasteiger partial charge < -0.3 is 9.47 Å². The van der Waals surface area contributed by atoms with Gasteiger partial charge in [0.15, 0.2) is 5.82 Å². The van der Waals surface area contributed by atoms with Crippen molar-refractivity contribution in [1.29, 1.82) is 0 Å². The van der Waals surface area contributed by atoms with Crippen molar-refractivity contribution in [3.05, 3.63) is 77.5 Å². The van der Waals surface area contributed by atoms with Gasteiger partial charge in [-0.25, -0.2) is 19.9 Å². The lowest BCUT2D eigenvalue weighted by Crippen LogP contribution is -2.30. The third kappa shape index (κ3) is 7.82. The summed E-state index contributed by atoms with van der Waals surface area (Å²) in [4.78, 5) is 21.5. The molecule has 0 aliphatic carbocycles. The van der Waals surface area contributed by atoms with Crippen molar-refractivity contribution >= 4 is 43.7 Å². The maximum Gasteiger partial charge on any atom is 0.316 e. The monoisotopic (exact) mass is 603 g/mol. The maximum absolute atomic E-state index is 12.8. The summed E-state index contributed by atoms with van der Waals surface area (Å²) in [6.45, 7) is 0.342. The van der Waals surface area contributed by atoms with Crippen LogP contribution in [0.3, 0.4) is 0 Å². The molecule has 2 N–H and O–H groups in total. The Morgan fingerprint density at radius 1 is 0.946 bits per heavy atom. The maximum atomic E-state index is 12.8. The Morgan fingerprint density at radius 2 is 1.65 bits per heavy atom. The van der Waals surface area contributed by atoms with Crippen LogP contribution in [-0.2, 0) is 16.8 Å². The van der Waals surface area contributed by atoms with E-state index in [0.717, 1.165) is 14.9 Å². The number of ether oxygens (including phenoxy) is 2. The number of rotatable bonds is 12. The second-order valence-electron chi connectivity index (χ2n) is 7.29. The minimum absolute atomic E-state index is 0.0615. The molecule has 0 bridgehead atoms. The van der Waals surface area contributed by atoms with E-state index in [4.69, 9.17) is 9.47 Å². The molecular weight excluding hydrogens is 582 g/mol. The van der Waals surface area contributed by atoms with Crippen LogP contribution in [0.2, 0.25) is 0 Å². The van der Waals surface area contributed by atoms with E-state index in [9.17, 15) is 8.42 Å². The van der Waals surface area contributed by atoms with Crippen molar-refractivity contribution in [2.45, 2.75) is 11.4 Å². The summed E-state index contributed by atoms with van der Waals surface area (Å²) in [5.74, 6) is 0.248. The van der Waals surface area contributed by atoms with E-state index in [1.807, 2.05) is 18.4 Å². The molecule has 0 spiro atoms. The second-order valence-corrected chi connectivity index (χ2v) is 10.6. The van der Waals surface area contributed by atoms with Crippen LogP contribution in [-0.4, -0.2) is 52.8 Å². The van der Waals surface area contributed by atoms with Gasteiger partial charge in [0, 0.05) is 40.7 Å². The van der Waals surface area contributed by atoms with Gasteiger partial charge in [-0.3, -0.25) is 9.71 Å². The van der Waals surface area contributed by atoms with Crippen LogP contribution >= 0.6 is 27.7 Å². The highest BCUT2D eigenvalue weighted by atomic mass is 79.9. The number of pyridine rings is 1. The van der Waals surface area contributed by atoms with E-state index in [1.165, 1.54) is 18.1 Å². The predicted octanol–water partition coefficient (Wildman–Crippen LogP) is 3.72. The molecule has 0 atom stereocenters. The Morgan fingerprint density at radius 3 is 2.35 bits per heavy atom. The lowest BCUT2D eigenvalue weighted by atomic mass is 10.1. The zero-order valence-corrected chi connectivity index (χ0v) is 22.8. The van der Waals surface area contributed by atoms with E-state index in [0.29, 0.717) is 11.1 Å². The van der Waals surface area contributed by atoms with Crippen LogP contribution in [0, 0.1) is 0 Å². The van der Waals surface area contributed by atoms with Crippen LogP contribution in [0.25, 0.3) is 11.1 Å². The van der Waals surface area contributed by atoms with Crippen molar-refractivity contribution in [1.82, 2.24) is 29.6 Å². The molecule has 0 fully saturated rings. The Labute approximate surface area is 226 Å². The Balaban J connectivity index is 1.50. The van der Waals surface area contributed by atoms with E-state index < -0.39 is 10.2 Å². The fourth-order valence-electron chi connectivity index (χ4n) is 3.03. The summed E-state index contributed by atoms with van der Waals surface area (Å²) in [5.41, 5.74) is 1.79. The predicted molar refractivity (Wildman–Crippen MR) is 144 cm³/mol. The summed E-state index contributed by atoms with van der Waals surface area (Å²) in [6, 6.07) is 10.9. The molecular formula is C23H22BrN7O4S2. The Kier molecular flexibility index (Phi) is 9.22. The third-order valence-electron chi connectivity index (χ3n) is 4.79. The highest BCUT2D eigenvalue weighted by molar-refractivity contribution is 9.10. The number of anilines is 1. The SMILES string of the molecule is CSc1cnc(OCCOc2ncnc(NS(=O)(=O)NCc3ccncc3)c2-c2ccc(Br)cc2)nc1. The molecule has 0 amide bonds. The van der Waals surface area contributed by atoms with Gasteiger partial charge in [-0.15, -0.1) is 11.8 Å². The number of hydrogen-bond donors (Lipinski definition) is 2. The smallest absolute Gasteiger partial charge is 0.316 e. The third-order valence-corrected chi connectivity index (χ3v) is 6.98. The van der Waals surface area contributed by atoms with Crippen molar-refractivity contribution < 1.29 is 17.9 Å². The molecule has 14 heteroatoms. The normalized spacial score (nSPS) is 11.2. The summed E-state index contributed by atoms with van der Waals surface area (Å²) >= 11 is 4.94. The van der Waals surface area contributed by atoms with Gasteiger partial charge in [0.1, 0.15) is 19.5 Å². The first-order chi connectivity index (χ1) is 17.9. The second kappa shape index (κ2) is 12.8. The molecule has 0 saturated carbocycles. The van der Waals surface area contributed by atoms with Gasteiger partial charge in [-0.2, -0.15) is 13.1 Å². The molecule has 0 unspecified atom stereocenters. The van der Waals surface area contributed by atoms with E-state index in [1.54, 1.807) is 49.1 Å². The number of nitrogens with one attached hydrogen (secondary N) is 2. The molecule has 0 radical (unpaired) electrons. The molecule has 0 aliphatic rings. The molecule has 0 aliphatic heterocycles. The Bertz CT molecular complexity index is 1410. The van der Waals surface area contributed by atoms with E-state index in [2.05, 4.69) is 50.3 Å². The quantitative estimate of drug-likeness (QED) is 0.182. The summed E-state index contributed by atoms with van der Waals surface area (Å²) < 4.78 is 42.9. The molecule has 3 heterocycles.